The molecule has 0 bridgehead atoms. The lowest BCUT2D eigenvalue weighted by Gasteiger charge is -2.20. The molecule has 7 N–H and O–H groups in total. The highest BCUT2D eigenvalue weighted by atomic mass is 32.1. The van der Waals surface area contributed by atoms with Crippen LogP contribution < -0.4 is 21.7 Å². The number of hydrogen-bond acceptors (Lipinski definition) is 8. The van der Waals surface area contributed by atoms with E-state index >= 15 is 0 Å². The number of imidazole rings is 1. The molecule has 0 saturated carbocycles. The van der Waals surface area contributed by atoms with E-state index in [1.54, 1.807) is 0 Å². The molecule has 0 radical (unpaired) electrons. The molecule has 1 aromatic rings. The molecule has 3 atom stereocenters. The van der Waals surface area contributed by atoms with E-state index in [0.717, 1.165) is 0 Å². The topological polar surface area (TPSA) is 179 Å². The first kappa shape index (κ1) is 22.8. The second-order valence-electron chi connectivity index (χ2n) is 5.49. The van der Waals surface area contributed by atoms with E-state index in [4.69, 9.17) is 5.73 Å². The van der Waals surface area contributed by atoms with Crippen molar-refractivity contribution in [1.82, 2.24) is 25.9 Å². The third kappa shape index (κ3) is 7.88. The first-order valence-electron chi connectivity index (χ1n) is 7.83. The smallest absolute Gasteiger partial charge is 0.326 e. The predicted octanol–water partition coefficient (Wildman–Crippen LogP) is -2.69. The number of nitrogens with one attached hydrogen (secondary N) is 4. The Hall–Kier alpha value is -2.25. The van der Waals surface area contributed by atoms with E-state index in [1.165, 1.54) is 12.5 Å². The SMILES string of the molecule is NC(CS)C(=O)NCC(=O)NC(CS)C(=O)NC(Cc1cnc[nH]1)C(=O)O. The average Bonchev–Trinajstić information content (AvgIpc) is 3.15. The lowest BCUT2D eigenvalue weighted by atomic mass is 10.1. The van der Waals surface area contributed by atoms with Crippen LogP contribution in [0.25, 0.3) is 0 Å². The van der Waals surface area contributed by atoms with Crippen molar-refractivity contribution in [1.29, 1.82) is 0 Å². The lowest BCUT2D eigenvalue weighted by molar-refractivity contribution is -0.142. The number of H-pyrrole nitrogens is 1. The zero-order chi connectivity index (χ0) is 20.4. The summed E-state index contributed by atoms with van der Waals surface area (Å²) in [5.74, 6) is -3.12. The van der Waals surface area contributed by atoms with Crippen LogP contribution in [0, 0.1) is 0 Å². The summed E-state index contributed by atoms with van der Waals surface area (Å²) in [5.41, 5.74) is 5.98. The van der Waals surface area contributed by atoms with Crippen molar-refractivity contribution in [2.75, 3.05) is 18.1 Å². The Labute approximate surface area is 166 Å². The first-order chi connectivity index (χ1) is 12.8. The Morgan fingerprint density at radius 1 is 1.15 bits per heavy atom. The zero-order valence-corrected chi connectivity index (χ0v) is 16.0. The maximum atomic E-state index is 12.3. The van der Waals surface area contributed by atoms with Crippen LogP contribution in [0.3, 0.4) is 0 Å². The Morgan fingerprint density at radius 3 is 2.37 bits per heavy atom. The maximum absolute atomic E-state index is 12.3. The molecule has 0 saturated heterocycles. The number of rotatable bonds is 11. The van der Waals surface area contributed by atoms with Crippen LogP contribution in [0.4, 0.5) is 0 Å². The van der Waals surface area contributed by atoms with E-state index in [0.29, 0.717) is 5.69 Å². The van der Waals surface area contributed by atoms with Crippen LogP contribution in [0.2, 0.25) is 0 Å². The van der Waals surface area contributed by atoms with Gasteiger partial charge < -0.3 is 31.8 Å². The molecular weight excluding hydrogens is 396 g/mol. The number of aromatic nitrogens is 2. The van der Waals surface area contributed by atoms with Gasteiger partial charge in [0.15, 0.2) is 0 Å². The maximum Gasteiger partial charge on any atom is 0.326 e. The number of thiol groups is 2. The molecule has 3 unspecified atom stereocenters. The molecule has 150 valence electrons. The number of aromatic amines is 1. The minimum Gasteiger partial charge on any atom is -0.480 e. The van der Waals surface area contributed by atoms with Crippen molar-refractivity contribution in [2.45, 2.75) is 24.5 Å². The number of carboxylic acid groups (broad SMARTS) is 1. The van der Waals surface area contributed by atoms with Gasteiger partial charge in [0.1, 0.15) is 12.1 Å². The Balaban J connectivity index is 2.57. The van der Waals surface area contributed by atoms with E-state index < -0.39 is 48.4 Å². The molecular formula is C14H22N6O5S2. The molecule has 0 spiro atoms. The van der Waals surface area contributed by atoms with Gasteiger partial charge >= 0.3 is 5.97 Å². The standard InChI is InChI=1S/C14H22N6O5S2/c15-8(4-26)12(22)17-3-11(21)19-10(5-27)13(23)20-9(14(24)25)1-7-2-16-6-18-7/h2,6,8-10,26-27H,1,3-5,15H2,(H,16,18)(H,17,22)(H,19,21)(H,20,23)(H,24,25). The van der Waals surface area contributed by atoms with Gasteiger partial charge in [0.2, 0.25) is 17.7 Å². The monoisotopic (exact) mass is 418 g/mol. The number of nitrogens with zero attached hydrogens (tertiary/aromatic N) is 1. The van der Waals surface area contributed by atoms with Crippen molar-refractivity contribution in [3.8, 4) is 0 Å². The zero-order valence-electron chi connectivity index (χ0n) is 14.2. The Morgan fingerprint density at radius 2 is 1.85 bits per heavy atom. The van der Waals surface area contributed by atoms with E-state index in [1.807, 2.05) is 0 Å². The molecule has 3 amide bonds. The molecule has 0 aliphatic heterocycles. The van der Waals surface area contributed by atoms with E-state index in [-0.39, 0.29) is 17.9 Å². The second-order valence-corrected chi connectivity index (χ2v) is 6.22. The van der Waals surface area contributed by atoms with Crippen LogP contribution in [0.1, 0.15) is 5.69 Å². The summed E-state index contributed by atoms with van der Waals surface area (Å²) < 4.78 is 0. The van der Waals surface area contributed by atoms with Gasteiger partial charge in [-0.25, -0.2) is 9.78 Å². The van der Waals surface area contributed by atoms with Crippen molar-refractivity contribution < 1.29 is 24.3 Å². The summed E-state index contributed by atoms with van der Waals surface area (Å²) in [6.07, 6.45) is 2.82. The van der Waals surface area contributed by atoms with Crippen LogP contribution in [0.15, 0.2) is 12.5 Å². The van der Waals surface area contributed by atoms with Gasteiger partial charge in [-0.05, 0) is 0 Å². The van der Waals surface area contributed by atoms with Crippen LogP contribution >= 0.6 is 25.3 Å². The highest BCUT2D eigenvalue weighted by Gasteiger charge is 2.26. The van der Waals surface area contributed by atoms with Gasteiger partial charge in [-0.2, -0.15) is 25.3 Å². The fourth-order valence-electron chi connectivity index (χ4n) is 1.91. The number of hydrogen-bond donors (Lipinski definition) is 8. The number of carboxylic acids is 1. The Kier molecular flexibility index (Phi) is 9.67. The van der Waals surface area contributed by atoms with Gasteiger partial charge in [0.05, 0.1) is 18.9 Å². The van der Waals surface area contributed by atoms with Crippen LogP contribution in [-0.2, 0) is 25.6 Å². The van der Waals surface area contributed by atoms with Gasteiger partial charge in [-0.15, -0.1) is 0 Å². The molecule has 0 aliphatic carbocycles. The molecule has 27 heavy (non-hydrogen) atoms. The minimum absolute atomic E-state index is 0.00795. The van der Waals surface area contributed by atoms with Crippen molar-refractivity contribution >= 4 is 48.9 Å². The fourth-order valence-corrected chi connectivity index (χ4v) is 2.33. The number of carbonyl (C=O) groups is 4. The number of aliphatic carboxylic acids is 1. The van der Waals surface area contributed by atoms with Gasteiger partial charge in [0.25, 0.3) is 0 Å². The first-order valence-corrected chi connectivity index (χ1v) is 9.09. The molecule has 1 rings (SSSR count). The van der Waals surface area contributed by atoms with Crippen LogP contribution in [-0.4, -0.2) is 74.9 Å². The minimum atomic E-state index is -1.24. The summed E-state index contributed by atoms with van der Waals surface area (Å²) in [6, 6.07) is -3.16. The third-order valence-corrected chi connectivity index (χ3v) is 4.14. The highest BCUT2D eigenvalue weighted by Crippen LogP contribution is 2.00. The summed E-state index contributed by atoms with van der Waals surface area (Å²) in [4.78, 5) is 53.5. The summed E-state index contributed by atoms with van der Waals surface area (Å²) in [7, 11) is 0. The predicted molar refractivity (Wildman–Crippen MR) is 102 cm³/mol. The molecule has 1 heterocycles. The second kappa shape index (κ2) is 11.5. The molecule has 13 heteroatoms. The average molecular weight is 419 g/mol. The fraction of sp³-hybridized carbons (Fsp3) is 0.500. The third-order valence-electron chi connectivity index (χ3n) is 3.38. The molecule has 0 fully saturated rings. The van der Waals surface area contributed by atoms with Crippen molar-refractivity contribution in [3.63, 3.8) is 0 Å². The number of carbonyl (C=O) groups excluding carboxylic acids is 3. The Bertz CT molecular complexity index is 656. The molecule has 11 nitrogen and oxygen atoms in total. The molecule has 0 aliphatic rings. The van der Waals surface area contributed by atoms with Crippen molar-refractivity contribution in [3.05, 3.63) is 18.2 Å². The van der Waals surface area contributed by atoms with Crippen LogP contribution in [0.5, 0.6) is 0 Å². The summed E-state index contributed by atoms with van der Waals surface area (Å²) >= 11 is 7.87. The van der Waals surface area contributed by atoms with Gasteiger partial charge in [-0.1, -0.05) is 0 Å². The normalized spacial score (nSPS) is 13.9. The molecule has 1 aromatic heterocycles. The van der Waals surface area contributed by atoms with E-state index in [9.17, 15) is 24.3 Å². The number of amides is 3. The quantitative estimate of drug-likeness (QED) is 0.180. The summed E-state index contributed by atoms with van der Waals surface area (Å²) in [6.45, 7) is -0.394. The summed E-state index contributed by atoms with van der Waals surface area (Å²) in [5, 5.41) is 16.3. The molecule has 0 aromatic carbocycles. The van der Waals surface area contributed by atoms with E-state index in [2.05, 4.69) is 51.2 Å². The van der Waals surface area contributed by atoms with Gasteiger partial charge in [-0.3, -0.25) is 14.4 Å². The number of nitrogens with two attached hydrogens (primary N) is 1. The van der Waals surface area contributed by atoms with Crippen molar-refractivity contribution in [2.24, 2.45) is 5.73 Å². The highest BCUT2D eigenvalue weighted by molar-refractivity contribution is 7.80. The largest absolute Gasteiger partial charge is 0.480 e. The lowest BCUT2D eigenvalue weighted by Crippen LogP contribution is -2.55. The van der Waals surface area contributed by atoms with Gasteiger partial charge in [0, 0.05) is 29.8 Å².